The van der Waals surface area contributed by atoms with Crippen molar-refractivity contribution < 1.29 is 9.18 Å². The molecule has 0 aliphatic heterocycles. The van der Waals surface area contributed by atoms with Crippen LogP contribution >= 0.6 is 11.8 Å². The van der Waals surface area contributed by atoms with Gasteiger partial charge < -0.3 is 15.2 Å². The Hall–Kier alpha value is -2.87. The molecule has 2 aromatic carbocycles. The zero-order valence-corrected chi connectivity index (χ0v) is 16.6. The van der Waals surface area contributed by atoms with Crippen molar-refractivity contribution in [1.82, 2.24) is 14.8 Å². The lowest BCUT2D eigenvalue weighted by Gasteiger charge is -2.09. The van der Waals surface area contributed by atoms with Crippen LogP contribution in [0.25, 0.3) is 0 Å². The summed E-state index contributed by atoms with van der Waals surface area (Å²) in [6.07, 6.45) is 0. The van der Waals surface area contributed by atoms with E-state index in [-0.39, 0.29) is 17.3 Å². The standard InChI is InChI=1S/C20H22FN5OS/c1-3-26-18(12-22-15-10-8-14(2)9-11-15)24-25-20(26)28-13-19(27)23-17-7-5-4-6-16(17)21/h4-11,22H,3,12-13H2,1-2H3,(H,23,27). The van der Waals surface area contributed by atoms with Crippen LogP contribution in [-0.2, 0) is 17.9 Å². The fraction of sp³-hybridized carbons (Fsp3) is 0.250. The molecule has 2 N–H and O–H groups in total. The predicted molar refractivity (Wildman–Crippen MR) is 110 cm³/mol. The number of thioether (sulfide) groups is 1. The van der Waals surface area contributed by atoms with Gasteiger partial charge in [-0.1, -0.05) is 41.6 Å². The first-order chi connectivity index (χ1) is 13.6. The molecular weight excluding hydrogens is 377 g/mol. The number of para-hydroxylation sites is 1. The number of aromatic nitrogens is 3. The molecule has 0 unspecified atom stereocenters. The van der Waals surface area contributed by atoms with Crippen LogP contribution in [0.1, 0.15) is 18.3 Å². The fourth-order valence-corrected chi connectivity index (χ4v) is 3.43. The van der Waals surface area contributed by atoms with Gasteiger partial charge in [-0.25, -0.2) is 4.39 Å². The molecule has 0 atom stereocenters. The van der Waals surface area contributed by atoms with Crippen LogP contribution < -0.4 is 10.6 Å². The first-order valence-corrected chi connectivity index (χ1v) is 9.95. The molecule has 0 bridgehead atoms. The third kappa shape index (κ3) is 5.10. The topological polar surface area (TPSA) is 71.8 Å². The third-order valence-electron chi connectivity index (χ3n) is 4.09. The van der Waals surface area contributed by atoms with Gasteiger partial charge in [0.25, 0.3) is 0 Å². The van der Waals surface area contributed by atoms with E-state index in [1.54, 1.807) is 12.1 Å². The molecule has 0 spiro atoms. The van der Waals surface area contributed by atoms with Crippen molar-refractivity contribution in [3.05, 3.63) is 65.7 Å². The normalized spacial score (nSPS) is 10.7. The van der Waals surface area contributed by atoms with Crippen LogP contribution in [0.4, 0.5) is 15.8 Å². The summed E-state index contributed by atoms with van der Waals surface area (Å²) in [5.41, 5.74) is 2.39. The minimum Gasteiger partial charge on any atom is -0.378 e. The fourth-order valence-electron chi connectivity index (χ4n) is 2.61. The second-order valence-corrected chi connectivity index (χ2v) is 7.12. The summed E-state index contributed by atoms with van der Waals surface area (Å²) >= 11 is 1.28. The molecular formula is C20H22FN5OS. The molecule has 28 heavy (non-hydrogen) atoms. The Morgan fingerprint density at radius 2 is 1.89 bits per heavy atom. The molecule has 8 heteroatoms. The van der Waals surface area contributed by atoms with E-state index in [4.69, 9.17) is 0 Å². The number of nitrogens with one attached hydrogen (secondary N) is 2. The van der Waals surface area contributed by atoms with Crippen LogP contribution in [0.3, 0.4) is 0 Å². The summed E-state index contributed by atoms with van der Waals surface area (Å²) in [5.74, 6) is 0.167. The van der Waals surface area contributed by atoms with E-state index in [0.717, 1.165) is 11.5 Å². The Balaban J connectivity index is 1.58. The van der Waals surface area contributed by atoms with Crippen LogP contribution in [0.15, 0.2) is 53.7 Å². The second kappa shape index (κ2) is 9.36. The minimum absolute atomic E-state index is 0.123. The number of carbonyl (C=O) groups is 1. The number of carbonyl (C=O) groups excluding carboxylic acids is 1. The molecule has 0 saturated heterocycles. The van der Waals surface area contributed by atoms with E-state index in [1.165, 1.54) is 29.5 Å². The van der Waals surface area contributed by atoms with Gasteiger partial charge in [-0.05, 0) is 38.1 Å². The van der Waals surface area contributed by atoms with Gasteiger partial charge in [0.05, 0.1) is 18.0 Å². The van der Waals surface area contributed by atoms with Gasteiger partial charge >= 0.3 is 0 Å². The molecule has 0 radical (unpaired) electrons. The maximum Gasteiger partial charge on any atom is 0.234 e. The van der Waals surface area contributed by atoms with Crippen molar-refractivity contribution in [2.24, 2.45) is 0 Å². The highest BCUT2D eigenvalue weighted by Gasteiger charge is 2.14. The maximum absolute atomic E-state index is 13.6. The van der Waals surface area contributed by atoms with Gasteiger partial charge in [-0.2, -0.15) is 0 Å². The monoisotopic (exact) mass is 399 g/mol. The number of aryl methyl sites for hydroxylation is 1. The molecule has 146 valence electrons. The van der Waals surface area contributed by atoms with Gasteiger partial charge in [0.15, 0.2) is 11.0 Å². The van der Waals surface area contributed by atoms with Gasteiger partial charge in [-0.3, -0.25) is 4.79 Å². The lowest BCUT2D eigenvalue weighted by molar-refractivity contribution is -0.113. The van der Waals surface area contributed by atoms with E-state index in [9.17, 15) is 9.18 Å². The van der Waals surface area contributed by atoms with Crippen molar-refractivity contribution in [3.8, 4) is 0 Å². The number of hydrogen-bond donors (Lipinski definition) is 2. The highest BCUT2D eigenvalue weighted by Crippen LogP contribution is 2.19. The third-order valence-corrected chi connectivity index (χ3v) is 5.06. The maximum atomic E-state index is 13.6. The summed E-state index contributed by atoms with van der Waals surface area (Å²) in [6.45, 7) is 5.27. The number of anilines is 2. The molecule has 6 nitrogen and oxygen atoms in total. The largest absolute Gasteiger partial charge is 0.378 e. The number of hydrogen-bond acceptors (Lipinski definition) is 5. The van der Waals surface area contributed by atoms with E-state index in [0.29, 0.717) is 18.2 Å². The molecule has 0 saturated carbocycles. The van der Waals surface area contributed by atoms with Crippen molar-refractivity contribution in [3.63, 3.8) is 0 Å². The molecule has 1 heterocycles. The minimum atomic E-state index is -0.456. The van der Waals surface area contributed by atoms with Gasteiger partial charge in [-0.15, -0.1) is 10.2 Å². The number of halogens is 1. The molecule has 3 rings (SSSR count). The lowest BCUT2D eigenvalue weighted by Crippen LogP contribution is -2.15. The highest BCUT2D eigenvalue weighted by atomic mass is 32.2. The van der Waals surface area contributed by atoms with E-state index >= 15 is 0 Å². The zero-order valence-electron chi connectivity index (χ0n) is 15.8. The molecule has 0 fully saturated rings. The Labute approximate surface area is 167 Å². The summed E-state index contributed by atoms with van der Waals surface area (Å²) in [5, 5.41) is 15.0. The van der Waals surface area contributed by atoms with E-state index < -0.39 is 5.82 Å². The molecule has 1 amide bonds. The number of nitrogens with zero attached hydrogens (tertiary/aromatic N) is 3. The summed E-state index contributed by atoms with van der Waals surface area (Å²) in [6, 6.07) is 14.2. The Bertz CT molecular complexity index is 942. The Kier molecular flexibility index (Phi) is 6.65. The molecule has 1 aromatic heterocycles. The van der Waals surface area contributed by atoms with Crippen LogP contribution in [0, 0.1) is 12.7 Å². The van der Waals surface area contributed by atoms with E-state index in [1.807, 2.05) is 42.7 Å². The smallest absolute Gasteiger partial charge is 0.234 e. The quantitative estimate of drug-likeness (QED) is 0.558. The van der Waals surface area contributed by atoms with Crippen LogP contribution in [0.5, 0.6) is 0 Å². The Morgan fingerprint density at radius 3 is 2.61 bits per heavy atom. The van der Waals surface area contributed by atoms with E-state index in [2.05, 4.69) is 20.8 Å². The van der Waals surface area contributed by atoms with Crippen molar-refractivity contribution in [2.75, 3.05) is 16.4 Å². The average molecular weight is 399 g/mol. The average Bonchev–Trinajstić information content (AvgIpc) is 3.09. The number of benzene rings is 2. The Morgan fingerprint density at radius 1 is 1.14 bits per heavy atom. The van der Waals surface area contributed by atoms with Crippen LogP contribution in [-0.4, -0.2) is 26.4 Å². The summed E-state index contributed by atoms with van der Waals surface area (Å²) in [7, 11) is 0. The predicted octanol–water partition coefficient (Wildman–Crippen LogP) is 4.09. The van der Waals surface area contributed by atoms with Crippen molar-refractivity contribution in [2.45, 2.75) is 32.1 Å². The van der Waals surface area contributed by atoms with Crippen molar-refractivity contribution >= 4 is 29.0 Å². The van der Waals surface area contributed by atoms with Crippen LogP contribution in [0.2, 0.25) is 0 Å². The molecule has 3 aromatic rings. The molecule has 0 aliphatic rings. The first kappa shape index (κ1) is 19.9. The summed E-state index contributed by atoms with van der Waals surface area (Å²) in [4.78, 5) is 12.1. The number of rotatable bonds is 8. The van der Waals surface area contributed by atoms with Gasteiger partial charge in [0.2, 0.25) is 5.91 Å². The first-order valence-electron chi connectivity index (χ1n) is 8.96. The lowest BCUT2D eigenvalue weighted by atomic mass is 10.2. The molecule has 0 aliphatic carbocycles. The van der Waals surface area contributed by atoms with Crippen molar-refractivity contribution in [1.29, 1.82) is 0 Å². The second-order valence-electron chi connectivity index (χ2n) is 6.18. The summed E-state index contributed by atoms with van der Waals surface area (Å²) < 4.78 is 15.6. The van der Waals surface area contributed by atoms with Gasteiger partial charge in [0.1, 0.15) is 5.82 Å². The van der Waals surface area contributed by atoms with Gasteiger partial charge in [0, 0.05) is 12.2 Å². The highest BCUT2D eigenvalue weighted by molar-refractivity contribution is 7.99. The SMILES string of the molecule is CCn1c(CNc2ccc(C)cc2)nnc1SCC(=O)Nc1ccccc1F. The zero-order chi connectivity index (χ0) is 19.9. The number of amides is 1.